The molecule has 0 aliphatic carbocycles. The van der Waals surface area contributed by atoms with Crippen LogP contribution in [0.4, 0.5) is 5.69 Å². The van der Waals surface area contributed by atoms with Gasteiger partial charge >= 0.3 is 13.6 Å². The maximum absolute atomic E-state index is 13.1. The van der Waals surface area contributed by atoms with Crippen molar-refractivity contribution >= 4 is 19.3 Å². The van der Waals surface area contributed by atoms with Gasteiger partial charge in [0.2, 0.25) is 6.04 Å². The lowest BCUT2D eigenvalue weighted by atomic mass is 9.89. The zero-order chi connectivity index (χ0) is 20.8. The SMILES string of the molecule is CCOP(=O)(OCC)[C@@H](C(=O)O)[C@H](c1ccc([N+](=O)[O-])cc1)[C@@H](C)[N+](=O)[O-]. The lowest BCUT2D eigenvalue weighted by Crippen LogP contribution is -2.38. The summed E-state index contributed by atoms with van der Waals surface area (Å²) < 4.78 is 23.3. The van der Waals surface area contributed by atoms with Crippen LogP contribution in [0.2, 0.25) is 0 Å². The molecule has 0 aromatic heterocycles. The summed E-state index contributed by atoms with van der Waals surface area (Å²) in [6.07, 6.45) is 0. The number of carboxylic acid groups (broad SMARTS) is 1. The molecule has 0 spiro atoms. The number of carboxylic acids is 1. The van der Waals surface area contributed by atoms with E-state index in [1.807, 2.05) is 0 Å². The van der Waals surface area contributed by atoms with E-state index in [0.29, 0.717) is 0 Å². The Labute approximate surface area is 155 Å². The Morgan fingerprint density at radius 2 is 1.63 bits per heavy atom. The van der Waals surface area contributed by atoms with Gasteiger partial charge in [0.05, 0.1) is 24.1 Å². The van der Waals surface area contributed by atoms with Crippen LogP contribution in [0.3, 0.4) is 0 Å². The van der Waals surface area contributed by atoms with Gasteiger partial charge in [-0.3, -0.25) is 29.6 Å². The average Bonchev–Trinajstić information content (AvgIpc) is 2.58. The molecule has 0 radical (unpaired) electrons. The number of nitrogens with zero attached hydrogens (tertiary/aromatic N) is 2. The number of aliphatic carboxylic acids is 1. The monoisotopic (exact) mass is 404 g/mol. The van der Waals surface area contributed by atoms with Gasteiger partial charge in [-0.1, -0.05) is 12.1 Å². The highest BCUT2D eigenvalue weighted by atomic mass is 31.2. The van der Waals surface area contributed by atoms with Crippen molar-refractivity contribution in [2.75, 3.05) is 13.2 Å². The summed E-state index contributed by atoms with van der Waals surface area (Å²) in [4.78, 5) is 32.8. The Bertz CT molecular complexity index is 727. The standard InChI is InChI=1S/C15H21N2O9P/c1-4-25-27(24,26-5-2)14(15(18)19)13(10(3)16(20)21)11-6-8-12(9-7-11)17(22)23/h6-10,13-14H,4-5H2,1-3H3,(H,18,19)/t10-,13+,14-/m1/s1. The first-order chi connectivity index (χ1) is 12.6. The van der Waals surface area contributed by atoms with Gasteiger partial charge in [-0.2, -0.15) is 0 Å². The van der Waals surface area contributed by atoms with E-state index in [2.05, 4.69) is 0 Å². The molecule has 1 N–H and O–H groups in total. The smallest absolute Gasteiger partial charge is 0.345 e. The van der Waals surface area contributed by atoms with E-state index < -0.39 is 41.0 Å². The number of hydrogen-bond donors (Lipinski definition) is 1. The van der Waals surface area contributed by atoms with Crippen LogP contribution in [-0.2, 0) is 18.4 Å². The summed E-state index contributed by atoms with van der Waals surface area (Å²) in [5.74, 6) is -2.99. The molecule has 3 atom stereocenters. The molecule has 0 unspecified atom stereocenters. The van der Waals surface area contributed by atoms with Gasteiger partial charge < -0.3 is 14.2 Å². The Kier molecular flexibility index (Phi) is 8.01. The molecule has 27 heavy (non-hydrogen) atoms. The molecule has 0 fully saturated rings. The zero-order valence-electron chi connectivity index (χ0n) is 15.0. The van der Waals surface area contributed by atoms with Crippen molar-refractivity contribution in [3.05, 3.63) is 50.1 Å². The highest BCUT2D eigenvalue weighted by Gasteiger charge is 2.52. The van der Waals surface area contributed by atoms with Crippen LogP contribution in [0.15, 0.2) is 24.3 Å². The van der Waals surface area contributed by atoms with Crippen LogP contribution in [0.5, 0.6) is 0 Å². The molecule has 0 aliphatic rings. The molecular weight excluding hydrogens is 383 g/mol. The second-order valence-corrected chi connectivity index (χ2v) is 7.71. The van der Waals surface area contributed by atoms with E-state index in [9.17, 15) is 34.7 Å². The normalized spacial score (nSPS) is 14.9. The molecule has 12 heteroatoms. The van der Waals surface area contributed by atoms with Crippen LogP contribution < -0.4 is 0 Å². The molecule has 0 saturated carbocycles. The van der Waals surface area contributed by atoms with Crippen LogP contribution in [0, 0.1) is 20.2 Å². The first kappa shape index (κ1) is 22.7. The van der Waals surface area contributed by atoms with Crippen molar-refractivity contribution in [1.29, 1.82) is 0 Å². The van der Waals surface area contributed by atoms with Gasteiger partial charge in [-0.25, -0.2) is 0 Å². The van der Waals surface area contributed by atoms with Crippen molar-refractivity contribution in [2.24, 2.45) is 0 Å². The minimum Gasteiger partial charge on any atom is -0.481 e. The quantitative estimate of drug-likeness (QED) is 0.332. The molecule has 1 aromatic rings. The van der Waals surface area contributed by atoms with Gasteiger partial charge in [0, 0.05) is 24.0 Å². The van der Waals surface area contributed by atoms with Crippen molar-refractivity contribution in [3.63, 3.8) is 0 Å². The minimum absolute atomic E-state index is 0.108. The number of carbonyl (C=O) groups is 1. The Morgan fingerprint density at radius 1 is 1.15 bits per heavy atom. The third kappa shape index (κ3) is 5.31. The molecule has 0 aliphatic heterocycles. The lowest BCUT2D eigenvalue weighted by Gasteiger charge is -2.30. The van der Waals surface area contributed by atoms with Crippen LogP contribution in [0.25, 0.3) is 0 Å². The number of nitro groups is 2. The van der Waals surface area contributed by atoms with E-state index in [1.54, 1.807) is 0 Å². The predicted octanol–water partition coefficient (Wildman–Crippen LogP) is 3.06. The Morgan fingerprint density at radius 3 is 1.96 bits per heavy atom. The van der Waals surface area contributed by atoms with E-state index in [-0.39, 0.29) is 24.5 Å². The predicted molar refractivity (Wildman–Crippen MR) is 94.6 cm³/mol. The van der Waals surface area contributed by atoms with Gasteiger partial charge in [0.15, 0.2) is 5.66 Å². The number of non-ortho nitro benzene ring substituents is 1. The van der Waals surface area contributed by atoms with E-state index in [4.69, 9.17) is 9.05 Å². The van der Waals surface area contributed by atoms with Crippen LogP contribution in [-0.4, -0.2) is 45.8 Å². The number of hydrogen-bond acceptors (Lipinski definition) is 8. The molecule has 0 heterocycles. The summed E-state index contributed by atoms with van der Waals surface area (Å²) >= 11 is 0. The molecule has 0 amide bonds. The number of rotatable bonds is 11. The van der Waals surface area contributed by atoms with Gasteiger partial charge in [-0.05, 0) is 19.4 Å². The Hall–Kier alpha value is -2.36. The van der Waals surface area contributed by atoms with Crippen molar-refractivity contribution in [2.45, 2.75) is 38.4 Å². The molecule has 150 valence electrons. The average molecular weight is 404 g/mol. The zero-order valence-corrected chi connectivity index (χ0v) is 15.9. The highest BCUT2D eigenvalue weighted by molar-refractivity contribution is 7.55. The summed E-state index contributed by atoms with van der Waals surface area (Å²) in [5, 5.41) is 31.9. The van der Waals surface area contributed by atoms with Crippen molar-refractivity contribution < 1.29 is 33.4 Å². The second-order valence-electron chi connectivity index (χ2n) is 5.56. The second kappa shape index (κ2) is 9.54. The van der Waals surface area contributed by atoms with Crippen LogP contribution in [0.1, 0.15) is 32.3 Å². The summed E-state index contributed by atoms with van der Waals surface area (Å²) in [5.41, 5.74) is -2.02. The highest BCUT2D eigenvalue weighted by Crippen LogP contribution is 2.58. The number of nitro benzene ring substituents is 1. The fourth-order valence-corrected chi connectivity index (χ4v) is 4.92. The summed E-state index contributed by atoms with van der Waals surface area (Å²) in [6.45, 7) is 3.90. The summed E-state index contributed by atoms with van der Waals surface area (Å²) in [7, 11) is -4.27. The van der Waals surface area contributed by atoms with Crippen molar-refractivity contribution in [3.8, 4) is 0 Å². The first-order valence-electron chi connectivity index (χ1n) is 8.08. The summed E-state index contributed by atoms with van der Waals surface area (Å²) in [6, 6.07) is 3.14. The van der Waals surface area contributed by atoms with Crippen molar-refractivity contribution in [1.82, 2.24) is 0 Å². The topological polar surface area (TPSA) is 159 Å². The minimum atomic E-state index is -4.27. The van der Waals surface area contributed by atoms with E-state index >= 15 is 0 Å². The molecule has 0 saturated heterocycles. The third-order valence-corrected chi connectivity index (χ3v) is 6.35. The Balaban J connectivity index is 3.58. The molecule has 0 bridgehead atoms. The molecular formula is C15H21N2O9P. The maximum Gasteiger partial charge on any atom is 0.345 e. The molecule has 1 rings (SSSR count). The van der Waals surface area contributed by atoms with E-state index in [0.717, 1.165) is 12.1 Å². The van der Waals surface area contributed by atoms with E-state index in [1.165, 1.54) is 32.9 Å². The van der Waals surface area contributed by atoms with Crippen LogP contribution >= 0.6 is 7.60 Å². The lowest BCUT2D eigenvalue weighted by molar-refractivity contribution is -0.522. The first-order valence-corrected chi connectivity index (χ1v) is 9.69. The third-order valence-electron chi connectivity index (χ3n) is 3.89. The fraction of sp³-hybridized carbons (Fsp3) is 0.533. The maximum atomic E-state index is 13.1. The fourth-order valence-electron chi connectivity index (χ4n) is 2.72. The number of benzene rings is 1. The van der Waals surface area contributed by atoms with Gasteiger partial charge in [0.25, 0.3) is 5.69 Å². The van der Waals surface area contributed by atoms with Gasteiger partial charge in [-0.15, -0.1) is 0 Å². The molecule has 1 aromatic carbocycles. The molecule has 11 nitrogen and oxygen atoms in total. The largest absolute Gasteiger partial charge is 0.481 e. The van der Waals surface area contributed by atoms with Gasteiger partial charge in [0.1, 0.15) is 0 Å².